The van der Waals surface area contributed by atoms with Gasteiger partial charge in [0.1, 0.15) is 0 Å². The van der Waals surface area contributed by atoms with Crippen LogP contribution in [-0.4, -0.2) is 26.1 Å². The molecule has 4 rings (SSSR count). The molecular weight excluding hydrogens is 314 g/mol. The molecule has 1 amide bonds. The van der Waals surface area contributed by atoms with Crippen molar-refractivity contribution >= 4 is 11.6 Å². The lowest BCUT2D eigenvalue weighted by Gasteiger charge is -2.07. The first kappa shape index (κ1) is 15.5. The topological polar surface area (TPSA) is 72.7 Å². The minimum Gasteiger partial charge on any atom is -0.326 e. The van der Waals surface area contributed by atoms with Gasteiger partial charge in [-0.2, -0.15) is 4.80 Å². The molecule has 1 aliphatic carbocycles. The number of amides is 1. The van der Waals surface area contributed by atoms with Crippen LogP contribution in [0.3, 0.4) is 0 Å². The first-order valence-corrected chi connectivity index (χ1v) is 8.53. The highest BCUT2D eigenvalue weighted by Crippen LogP contribution is 2.24. The van der Waals surface area contributed by atoms with Gasteiger partial charge in [0, 0.05) is 17.7 Å². The average Bonchev–Trinajstić information content (AvgIpc) is 3.30. The Morgan fingerprint density at radius 1 is 1.08 bits per heavy atom. The number of fused-ring (bicyclic) bond motifs is 1. The van der Waals surface area contributed by atoms with E-state index in [1.54, 1.807) is 0 Å². The molecule has 0 saturated carbocycles. The fourth-order valence-electron chi connectivity index (χ4n) is 3.12. The Hall–Kier alpha value is -3.02. The van der Waals surface area contributed by atoms with Gasteiger partial charge in [-0.1, -0.05) is 36.4 Å². The van der Waals surface area contributed by atoms with Gasteiger partial charge in [-0.05, 0) is 47.7 Å². The van der Waals surface area contributed by atoms with E-state index in [2.05, 4.69) is 32.9 Å². The van der Waals surface area contributed by atoms with Gasteiger partial charge in [0.2, 0.25) is 11.7 Å². The first-order chi connectivity index (χ1) is 12.3. The van der Waals surface area contributed by atoms with E-state index in [0.29, 0.717) is 18.8 Å². The van der Waals surface area contributed by atoms with Gasteiger partial charge in [-0.15, -0.1) is 10.2 Å². The summed E-state index contributed by atoms with van der Waals surface area (Å²) in [4.78, 5) is 13.6. The smallest absolute Gasteiger partial charge is 0.226 e. The number of aromatic nitrogens is 4. The molecule has 1 aromatic heterocycles. The summed E-state index contributed by atoms with van der Waals surface area (Å²) >= 11 is 0. The lowest BCUT2D eigenvalue weighted by Crippen LogP contribution is -2.15. The molecule has 1 heterocycles. The van der Waals surface area contributed by atoms with E-state index in [-0.39, 0.29) is 5.91 Å². The van der Waals surface area contributed by atoms with Crippen molar-refractivity contribution in [1.29, 1.82) is 0 Å². The van der Waals surface area contributed by atoms with Crippen molar-refractivity contribution in [3.8, 4) is 11.4 Å². The number of carbonyl (C=O) groups is 1. The molecule has 6 heteroatoms. The van der Waals surface area contributed by atoms with Crippen LogP contribution in [0.25, 0.3) is 11.4 Å². The van der Waals surface area contributed by atoms with Crippen molar-refractivity contribution in [1.82, 2.24) is 20.2 Å². The van der Waals surface area contributed by atoms with Gasteiger partial charge in [0.15, 0.2) is 0 Å². The number of anilines is 1. The van der Waals surface area contributed by atoms with Gasteiger partial charge < -0.3 is 5.32 Å². The minimum atomic E-state index is -0.0449. The monoisotopic (exact) mass is 333 g/mol. The number of tetrazole rings is 1. The zero-order valence-corrected chi connectivity index (χ0v) is 13.9. The fraction of sp³-hybridized carbons (Fsp3) is 0.263. The molecule has 1 N–H and O–H groups in total. The molecule has 6 nitrogen and oxygen atoms in total. The Morgan fingerprint density at radius 2 is 1.92 bits per heavy atom. The standard InChI is InChI=1S/C19H19N5O/c25-18(20-17-10-9-14-7-4-8-16(14)13-17)11-12-24-22-19(21-23-24)15-5-2-1-3-6-15/h1-3,5-6,9-10,13H,4,7-8,11-12H2,(H,20,25). The predicted octanol–water partition coefficient (Wildman–Crippen LogP) is 2.86. The van der Waals surface area contributed by atoms with Crippen molar-refractivity contribution in [3.05, 3.63) is 59.7 Å². The molecule has 0 saturated heterocycles. The zero-order chi connectivity index (χ0) is 17.1. The maximum absolute atomic E-state index is 12.2. The van der Waals surface area contributed by atoms with E-state index in [4.69, 9.17) is 0 Å². The first-order valence-electron chi connectivity index (χ1n) is 8.53. The largest absolute Gasteiger partial charge is 0.326 e. The van der Waals surface area contributed by atoms with Crippen molar-refractivity contribution in [2.45, 2.75) is 32.2 Å². The lowest BCUT2D eigenvalue weighted by atomic mass is 10.1. The lowest BCUT2D eigenvalue weighted by molar-refractivity contribution is -0.116. The molecule has 1 aliphatic rings. The van der Waals surface area contributed by atoms with E-state index >= 15 is 0 Å². The summed E-state index contributed by atoms with van der Waals surface area (Å²) in [6, 6.07) is 15.8. The van der Waals surface area contributed by atoms with Gasteiger partial charge in [-0.3, -0.25) is 4.79 Å². The predicted molar refractivity (Wildman–Crippen MR) is 95.0 cm³/mol. The molecule has 3 aromatic rings. The van der Waals surface area contributed by atoms with Crippen molar-refractivity contribution < 1.29 is 4.79 Å². The van der Waals surface area contributed by atoms with Crippen LogP contribution in [-0.2, 0) is 24.2 Å². The summed E-state index contributed by atoms with van der Waals surface area (Å²) in [6.45, 7) is 0.399. The average molecular weight is 333 g/mol. The Bertz CT molecular complexity index is 888. The third-order valence-corrected chi connectivity index (χ3v) is 4.41. The number of benzene rings is 2. The summed E-state index contributed by atoms with van der Waals surface area (Å²) in [6.07, 6.45) is 3.76. The normalized spacial score (nSPS) is 12.8. The summed E-state index contributed by atoms with van der Waals surface area (Å²) in [5.41, 5.74) is 4.53. The number of hydrogen-bond acceptors (Lipinski definition) is 4. The van der Waals surface area contributed by atoms with Crippen molar-refractivity contribution in [3.63, 3.8) is 0 Å². The second-order valence-electron chi connectivity index (χ2n) is 6.21. The Morgan fingerprint density at radius 3 is 2.80 bits per heavy atom. The molecule has 0 spiro atoms. The van der Waals surface area contributed by atoms with Crippen molar-refractivity contribution in [2.24, 2.45) is 0 Å². The highest BCUT2D eigenvalue weighted by molar-refractivity contribution is 5.90. The molecule has 126 valence electrons. The van der Waals surface area contributed by atoms with Crippen LogP contribution in [0.2, 0.25) is 0 Å². The number of nitrogens with zero attached hydrogens (tertiary/aromatic N) is 4. The molecule has 0 atom stereocenters. The summed E-state index contributed by atoms with van der Waals surface area (Å²) < 4.78 is 0. The van der Waals surface area contributed by atoms with Gasteiger partial charge >= 0.3 is 0 Å². The molecule has 0 bridgehead atoms. The van der Waals surface area contributed by atoms with Crippen molar-refractivity contribution in [2.75, 3.05) is 5.32 Å². The highest BCUT2D eigenvalue weighted by Gasteiger charge is 2.12. The second-order valence-corrected chi connectivity index (χ2v) is 6.21. The second kappa shape index (κ2) is 6.84. The zero-order valence-electron chi connectivity index (χ0n) is 13.9. The summed E-state index contributed by atoms with van der Waals surface area (Å²) in [5.74, 6) is 0.524. The molecule has 0 radical (unpaired) electrons. The third-order valence-electron chi connectivity index (χ3n) is 4.41. The molecule has 0 fully saturated rings. The van der Waals surface area contributed by atoms with Gasteiger partial charge in [0.25, 0.3) is 0 Å². The molecule has 0 unspecified atom stereocenters. The van der Waals surface area contributed by atoms with E-state index < -0.39 is 0 Å². The number of nitrogens with one attached hydrogen (secondary N) is 1. The van der Waals surface area contributed by atoms with Crippen LogP contribution in [0.5, 0.6) is 0 Å². The number of aryl methyl sites for hydroxylation is 3. The van der Waals surface area contributed by atoms with E-state index in [1.165, 1.54) is 22.3 Å². The van der Waals surface area contributed by atoms with Crippen LogP contribution in [0.4, 0.5) is 5.69 Å². The van der Waals surface area contributed by atoms with Crippen LogP contribution >= 0.6 is 0 Å². The van der Waals surface area contributed by atoms with Crippen LogP contribution in [0.15, 0.2) is 48.5 Å². The van der Waals surface area contributed by atoms with Gasteiger partial charge in [0.05, 0.1) is 6.54 Å². The quantitative estimate of drug-likeness (QED) is 0.779. The number of carbonyl (C=O) groups excluding carboxylic acids is 1. The van der Waals surface area contributed by atoms with E-state index in [0.717, 1.165) is 24.1 Å². The molecule has 25 heavy (non-hydrogen) atoms. The Labute approximate surface area is 145 Å². The van der Waals surface area contributed by atoms with Gasteiger partial charge in [-0.25, -0.2) is 0 Å². The maximum atomic E-state index is 12.2. The Balaban J connectivity index is 1.34. The fourth-order valence-corrected chi connectivity index (χ4v) is 3.12. The maximum Gasteiger partial charge on any atom is 0.226 e. The minimum absolute atomic E-state index is 0.0449. The SMILES string of the molecule is O=C(CCn1nnc(-c2ccccc2)n1)Nc1ccc2c(c1)CCC2. The summed E-state index contributed by atoms with van der Waals surface area (Å²) in [5, 5.41) is 15.3. The van der Waals surface area contributed by atoms with Crippen LogP contribution in [0.1, 0.15) is 24.0 Å². The molecule has 2 aromatic carbocycles. The number of rotatable bonds is 5. The molecular formula is C19H19N5O. The summed E-state index contributed by atoms with van der Waals surface area (Å²) in [7, 11) is 0. The molecule has 0 aliphatic heterocycles. The van der Waals surface area contributed by atoms with Crippen LogP contribution in [0, 0.1) is 0 Å². The van der Waals surface area contributed by atoms with E-state index in [1.807, 2.05) is 36.4 Å². The number of hydrogen-bond donors (Lipinski definition) is 1. The van der Waals surface area contributed by atoms with Crippen LogP contribution < -0.4 is 5.32 Å². The third kappa shape index (κ3) is 3.57. The highest BCUT2D eigenvalue weighted by atomic mass is 16.1. The van der Waals surface area contributed by atoms with E-state index in [9.17, 15) is 4.79 Å². The Kier molecular flexibility index (Phi) is 4.24.